The number of fused-ring (bicyclic) bond motifs is 3. The molecule has 18 heavy (non-hydrogen) atoms. The van der Waals surface area contributed by atoms with Gasteiger partial charge in [0.05, 0.1) is 20.3 Å². The van der Waals surface area contributed by atoms with E-state index in [1.54, 1.807) is 7.11 Å². The van der Waals surface area contributed by atoms with Crippen LogP contribution in [0.1, 0.15) is 18.1 Å². The summed E-state index contributed by atoms with van der Waals surface area (Å²) in [6, 6.07) is 6.31. The number of halogens is 1. The number of hydrogen-bond acceptors (Lipinski definition) is 4. The van der Waals surface area contributed by atoms with Crippen LogP contribution < -0.4 is 14.8 Å². The number of ether oxygens (including phenoxy) is 3. The van der Waals surface area contributed by atoms with E-state index in [-0.39, 0.29) is 18.5 Å². The number of methoxy groups -OCH3 is 1. The highest BCUT2D eigenvalue weighted by atomic mass is 35.5. The molecule has 0 aliphatic carbocycles. The predicted octanol–water partition coefficient (Wildman–Crippen LogP) is 1.93. The van der Waals surface area contributed by atoms with Gasteiger partial charge in [0.2, 0.25) is 0 Å². The molecule has 2 heterocycles. The smallest absolute Gasteiger partial charge is 0.128 e. The maximum Gasteiger partial charge on any atom is 0.128 e. The van der Waals surface area contributed by atoms with Gasteiger partial charge in [0, 0.05) is 24.2 Å². The molecule has 0 bridgehead atoms. The molecular formula is C13H18ClNO3. The molecule has 0 saturated carbocycles. The monoisotopic (exact) mass is 271 g/mol. The Kier molecular flexibility index (Phi) is 4.32. The molecule has 1 N–H and O–H groups in total. The Morgan fingerprint density at radius 3 is 3.06 bits per heavy atom. The van der Waals surface area contributed by atoms with Crippen molar-refractivity contribution >= 4 is 12.4 Å². The third kappa shape index (κ3) is 2.41. The van der Waals surface area contributed by atoms with Gasteiger partial charge in [-0.2, -0.15) is 0 Å². The van der Waals surface area contributed by atoms with E-state index in [9.17, 15) is 0 Å². The normalized spacial score (nSPS) is 25.8. The van der Waals surface area contributed by atoms with Gasteiger partial charge in [-0.15, -0.1) is 12.4 Å². The van der Waals surface area contributed by atoms with Crippen LogP contribution in [0.3, 0.4) is 0 Å². The number of morpholine rings is 1. The molecule has 1 fully saturated rings. The minimum atomic E-state index is 0. The fraction of sp³-hybridized carbons (Fsp3) is 0.538. The van der Waals surface area contributed by atoms with Gasteiger partial charge in [0.1, 0.15) is 17.6 Å². The summed E-state index contributed by atoms with van der Waals surface area (Å²) >= 11 is 0. The minimum Gasteiger partial charge on any atom is -0.497 e. The average molecular weight is 272 g/mol. The standard InChI is InChI=1S/C13H17NO3.ClH/c1-15-9-2-3-10-12(8-9)16-6-4-11-13(10)17-7-5-14-11;/h2-3,8,11,13-14H,4-7H2,1H3;1H. The molecule has 3 rings (SSSR count). The molecule has 2 aliphatic heterocycles. The van der Waals surface area contributed by atoms with Crippen molar-refractivity contribution in [2.45, 2.75) is 18.6 Å². The van der Waals surface area contributed by atoms with Crippen LogP contribution in [-0.2, 0) is 4.74 Å². The maximum atomic E-state index is 5.88. The largest absolute Gasteiger partial charge is 0.497 e. The zero-order chi connectivity index (χ0) is 11.7. The van der Waals surface area contributed by atoms with Gasteiger partial charge in [-0.25, -0.2) is 0 Å². The summed E-state index contributed by atoms with van der Waals surface area (Å²) in [6.07, 6.45) is 1.08. The van der Waals surface area contributed by atoms with Crippen molar-refractivity contribution < 1.29 is 14.2 Å². The lowest BCUT2D eigenvalue weighted by atomic mass is 9.99. The van der Waals surface area contributed by atoms with Gasteiger partial charge in [0.25, 0.3) is 0 Å². The van der Waals surface area contributed by atoms with Crippen LogP contribution in [0.2, 0.25) is 0 Å². The topological polar surface area (TPSA) is 39.7 Å². The van der Waals surface area contributed by atoms with Crippen LogP contribution >= 0.6 is 12.4 Å². The average Bonchev–Trinajstić information content (AvgIpc) is 2.57. The van der Waals surface area contributed by atoms with Crippen LogP contribution in [0.4, 0.5) is 0 Å². The van der Waals surface area contributed by atoms with Crippen LogP contribution in [0.5, 0.6) is 11.5 Å². The molecule has 0 spiro atoms. The van der Waals surface area contributed by atoms with E-state index in [1.807, 2.05) is 18.2 Å². The van der Waals surface area contributed by atoms with E-state index < -0.39 is 0 Å². The lowest BCUT2D eigenvalue weighted by molar-refractivity contribution is -0.00585. The molecule has 0 radical (unpaired) electrons. The van der Waals surface area contributed by atoms with Crippen LogP contribution in [0, 0.1) is 0 Å². The minimum absolute atomic E-state index is 0. The van der Waals surface area contributed by atoms with Crippen LogP contribution in [0.15, 0.2) is 18.2 Å². The summed E-state index contributed by atoms with van der Waals surface area (Å²) in [5.74, 6) is 1.71. The Morgan fingerprint density at radius 1 is 1.33 bits per heavy atom. The van der Waals surface area contributed by atoms with Crippen molar-refractivity contribution in [2.24, 2.45) is 0 Å². The molecule has 5 heteroatoms. The highest BCUT2D eigenvalue weighted by Crippen LogP contribution is 2.37. The summed E-state index contributed by atoms with van der Waals surface area (Å²) in [6.45, 7) is 2.40. The maximum absolute atomic E-state index is 5.88. The van der Waals surface area contributed by atoms with Gasteiger partial charge in [-0.1, -0.05) is 0 Å². The van der Waals surface area contributed by atoms with Crippen molar-refractivity contribution in [1.29, 1.82) is 0 Å². The second kappa shape index (κ2) is 5.78. The Balaban J connectivity index is 0.00000120. The first-order valence-electron chi connectivity index (χ1n) is 6.04. The first kappa shape index (κ1) is 13.5. The molecule has 2 unspecified atom stereocenters. The predicted molar refractivity (Wildman–Crippen MR) is 70.8 cm³/mol. The van der Waals surface area contributed by atoms with Crippen molar-refractivity contribution in [3.05, 3.63) is 23.8 Å². The van der Waals surface area contributed by atoms with E-state index >= 15 is 0 Å². The summed E-state index contributed by atoms with van der Waals surface area (Å²) in [5.41, 5.74) is 1.13. The zero-order valence-electron chi connectivity index (χ0n) is 10.3. The molecule has 2 aliphatic rings. The van der Waals surface area contributed by atoms with Gasteiger partial charge < -0.3 is 19.5 Å². The summed E-state index contributed by atoms with van der Waals surface area (Å²) in [5, 5.41) is 3.49. The molecular weight excluding hydrogens is 254 g/mol. The van der Waals surface area contributed by atoms with Crippen molar-refractivity contribution in [3.63, 3.8) is 0 Å². The lowest BCUT2D eigenvalue weighted by Gasteiger charge is -2.31. The first-order valence-corrected chi connectivity index (χ1v) is 6.04. The quantitative estimate of drug-likeness (QED) is 0.847. The molecule has 4 nitrogen and oxygen atoms in total. The van der Waals surface area contributed by atoms with E-state index in [4.69, 9.17) is 14.2 Å². The number of benzene rings is 1. The third-order valence-electron chi connectivity index (χ3n) is 3.39. The summed E-state index contributed by atoms with van der Waals surface area (Å²) in [4.78, 5) is 0. The first-order chi connectivity index (χ1) is 8.38. The number of nitrogens with one attached hydrogen (secondary N) is 1. The lowest BCUT2D eigenvalue weighted by Crippen LogP contribution is -2.43. The fourth-order valence-electron chi connectivity index (χ4n) is 2.51. The van der Waals surface area contributed by atoms with Crippen LogP contribution in [0.25, 0.3) is 0 Å². The molecule has 100 valence electrons. The van der Waals surface area contributed by atoms with E-state index in [0.29, 0.717) is 6.04 Å². The third-order valence-corrected chi connectivity index (χ3v) is 3.39. The van der Waals surface area contributed by atoms with Crippen molar-refractivity contribution in [1.82, 2.24) is 5.32 Å². The van der Waals surface area contributed by atoms with Crippen LogP contribution in [-0.4, -0.2) is 32.9 Å². The Morgan fingerprint density at radius 2 is 2.22 bits per heavy atom. The molecule has 1 aromatic carbocycles. The highest BCUT2D eigenvalue weighted by molar-refractivity contribution is 5.85. The van der Waals surface area contributed by atoms with E-state index in [2.05, 4.69) is 5.32 Å². The fourth-order valence-corrected chi connectivity index (χ4v) is 2.51. The van der Waals surface area contributed by atoms with Gasteiger partial charge in [-0.3, -0.25) is 0 Å². The van der Waals surface area contributed by atoms with Gasteiger partial charge in [0.15, 0.2) is 0 Å². The SMILES string of the molecule is COc1ccc2c(c1)OCCC1NCCOC21.Cl. The Labute approximate surface area is 113 Å². The molecule has 1 saturated heterocycles. The van der Waals surface area contributed by atoms with E-state index in [0.717, 1.165) is 43.2 Å². The second-order valence-corrected chi connectivity index (χ2v) is 4.39. The van der Waals surface area contributed by atoms with Gasteiger partial charge >= 0.3 is 0 Å². The molecule has 2 atom stereocenters. The van der Waals surface area contributed by atoms with Gasteiger partial charge in [-0.05, 0) is 18.6 Å². The Hall–Kier alpha value is -0.970. The molecule has 0 amide bonds. The van der Waals surface area contributed by atoms with E-state index in [1.165, 1.54) is 0 Å². The van der Waals surface area contributed by atoms with Crippen molar-refractivity contribution in [3.8, 4) is 11.5 Å². The summed E-state index contributed by atoms with van der Waals surface area (Å²) in [7, 11) is 1.67. The highest BCUT2D eigenvalue weighted by Gasteiger charge is 2.31. The number of hydrogen-bond donors (Lipinski definition) is 1. The molecule has 1 aromatic rings. The second-order valence-electron chi connectivity index (χ2n) is 4.39. The summed E-state index contributed by atoms with van der Waals surface area (Å²) < 4.78 is 16.9. The molecule has 0 aromatic heterocycles. The van der Waals surface area contributed by atoms with Crippen molar-refractivity contribution in [2.75, 3.05) is 26.9 Å². The number of rotatable bonds is 1. The zero-order valence-corrected chi connectivity index (χ0v) is 11.2. The Bertz CT molecular complexity index is 413.